The van der Waals surface area contributed by atoms with Crippen molar-refractivity contribution >= 4 is 11.6 Å². The Bertz CT molecular complexity index is 1170. The van der Waals surface area contributed by atoms with E-state index in [0.717, 1.165) is 0 Å². The normalized spacial score (nSPS) is 10.8. The van der Waals surface area contributed by atoms with Gasteiger partial charge in [0.1, 0.15) is 12.4 Å². The number of rotatable bonds is 8. The quantitative estimate of drug-likeness (QED) is 0.433. The van der Waals surface area contributed by atoms with Gasteiger partial charge in [0, 0.05) is 12.8 Å². The predicted octanol–water partition coefficient (Wildman–Crippen LogP) is 3.94. The summed E-state index contributed by atoms with van der Waals surface area (Å²) in [4.78, 5) is 16.8. The molecule has 0 fully saturated rings. The molecule has 0 spiro atoms. The first-order valence-corrected chi connectivity index (χ1v) is 9.44. The number of halogens is 1. The Morgan fingerprint density at radius 1 is 1.13 bits per heavy atom. The lowest BCUT2D eigenvalue weighted by molar-refractivity contribution is 0.102. The molecular formula is C22H19FN4O4. The number of furan rings is 1. The van der Waals surface area contributed by atoms with E-state index in [9.17, 15) is 9.18 Å². The lowest BCUT2D eigenvalue weighted by Gasteiger charge is -2.09. The van der Waals surface area contributed by atoms with Crippen LogP contribution in [0.5, 0.6) is 6.01 Å². The number of aromatic nitrogens is 3. The van der Waals surface area contributed by atoms with E-state index in [2.05, 4.69) is 15.4 Å². The molecule has 158 valence electrons. The Morgan fingerprint density at radius 3 is 2.77 bits per heavy atom. The van der Waals surface area contributed by atoms with E-state index in [0.29, 0.717) is 29.6 Å². The summed E-state index contributed by atoms with van der Waals surface area (Å²) in [6.45, 7) is 0.680. The smallest absolute Gasteiger partial charge is 0.336 e. The third-order valence-corrected chi connectivity index (χ3v) is 4.31. The maximum absolute atomic E-state index is 13.9. The zero-order valence-electron chi connectivity index (χ0n) is 16.6. The van der Waals surface area contributed by atoms with Crippen LogP contribution >= 0.6 is 0 Å². The van der Waals surface area contributed by atoms with E-state index < -0.39 is 11.7 Å². The van der Waals surface area contributed by atoms with Gasteiger partial charge in [-0.25, -0.2) is 9.07 Å². The van der Waals surface area contributed by atoms with Gasteiger partial charge in [-0.1, -0.05) is 18.2 Å². The molecule has 0 radical (unpaired) electrons. The van der Waals surface area contributed by atoms with Crippen molar-refractivity contribution in [2.75, 3.05) is 25.6 Å². The summed E-state index contributed by atoms with van der Waals surface area (Å²) in [5, 5.41) is 7.10. The van der Waals surface area contributed by atoms with Crippen molar-refractivity contribution in [2.45, 2.75) is 0 Å². The highest BCUT2D eigenvalue weighted by Gasteiger charge is 2.18. The van der Waals surface area contributed by atoms with E-state index >= 15 is 0 Å². The van der Waals surface area contributed by atoms with Crippen LogP contribution in [-0.4, -0.2) is 41.0 Å². The molecule has 8 nitrogen and oxygen atoms in total. The fourth-order valence-electron chi connectivity index (χ4n) is 2.88. The zero-order valence-corrected chi connectivity index (χ0v) is 16.6. The number of carbonyl (C=O) groups excluding carboxylic acids is 1. The maximum atomic E-state index is 13.9. The second-order valence-corrected chi connectivity index (χ2v) is 6.43. The molecular weight excluding hydrogens is 403 g/mol. The number of nitrogens with zero attached hydrogens (tertiary/aromatic N) is 3. The molecule has 2 aromatic carbocycles. The van der Waals surface area contributed by atoms with Gasteiger partial charge in [-0.05, 0) is 42.5 Å². The molecule has 1 N–H and O–H groups in total. The SMILES string of the molecule is COCCOc1nc(-c2ccco2)n(-c2cccc(NC(=O)c3ccccc3F)c2)n1. The molecule has 2 aromatic heterocycles. The number of carbonyl (C=O) groups is 1. The van der Waals surface area contributed by atoms with Crippen LogP contribution in [0.3, 0.4) is 0 Å². The summed E-state index contributed by atoms with van der Waals surface area (Å²) in [6, 6.07) is 16.4. The molecule has 4 aromatic rings. The standard InChI is InChI=1S/C22H19FN4O4/c1-29-12-13-31-22-25-20(19-10-5-11-30-19)27(26-22)16-7-4-6-15(14-16)24-21(28)17-8-2-3-9-18(17)23/h2-11,14H,12-13H2,1H3,(H,24,28). The van der Waals surface area contributed by atoms with Gasteiger partial charge in [-0.3, -0.25) is 4.79 Å². The van der Waals surface area contributed by atoms with Gasteiger partial charge in [0.2, 0.25) is 5.82 Å². The molecule has 4 rings (SSSR count). The van der Waals surface area contributed by atoms with E-state index in [4.69, 9.17) is 13.9 Å². The summed E-state index contributed by atoms with van der Waals surface area (Å²) < 4.78 is 31.4. The van der Waals surface area contributed by atoms with Crippen LogP contribution in [0.2, 0.25) is 0 Å². The number of methoxy groups -OCH3 is 1. The molecule has 1 amide bonds. The topological polar surface area (TPSA) is 91.4 Å². The van der Waals surface area contributed by atoms with Crippen LogP contribution in [0.25, 0.3) is 17.3 Å². The van der Waals surface area contributed by atoms with Crippen molar-refractivity contribution < 1.29 is 23.1 Å². The van der Waals surface area contributed by atoms with Crippen molar-refractivity contribution in [3.05, 3.63) is 78.3 Å². The summed E-state index contributed by atoms with van der Waals surface area (Å²) in [7, 11) is 1.57. The van der Waals surface area contributed by atoms with Crippen LogP contribution in [0.15, 0.2) is 71.3 Å². The number of hydrogen-bond acceptors (Lipinski definition) is 6. The Morgan fingerprint density at radius 2 is 2.00 bits per heavy atom. The van der Waals surface area contributed by atoms with Gasteiger partial charge in [0.25, 0.3) is 5.91 Å². The van der Waals surface area contributed by atoms with Crippen molar-refractivity contribution in [1.29, 1.82) is 0 Å². The molecule has 0 atom stereocenters. The Kier molecular flexibility index (Phi) is 6.04. The highest BCUT2D eigenvalue weighted by atomic mass is 19.1. The minimum Gasteiger partial charge on any atom is -0.461 e. The van der Waals surface area contributed by atoms with Gasteiger partial charge in [0.05, 0.1) is 24.1 Å². The number of hydrogen-bond donors (Lipinski definition) is 1. The van der Waals surface area contributed by atoms with Gasteiger partial charge < -0.3 is 19.2 Å². The summed E-state index contributed by atoms with van der Waals surface area (Å²) in [6.07, 6.45) is 1.53. The fourth-order valence-corrected chi connectivity index (χ4v) is 2.88. The number of anilines is 1. The molecule has 0 saturated heterocycles. The Labute approximate surface area is 177 Å². The number of amides is 1. The van der Waals surface area contributed by atoms with E-state index in [1.807, 2.05) is 0 Å². The molecule has 2 heterocycles. The second kappa shape index (κ2) is 9.23. The third kappa shape index (κ3) is 4.62. The third-order valence-electron chi connectivity index (χ3n) is 4.31. The van der Waals surface area contributed by atoms with Crippen LogP contribution in [0, 0.1) is 5.82 Å². The van der Waals surface area contributed by atoms with Crippen molar-refractivity contribution in [2.24, 2.45) is 0 Å². The van der Waals surface area contributed by atoms with Crippen molar-refractivity contribution in [1.82, 2.24) is 14.8 Å². The van der Waals surface area contributed by atoms with Crippen LogP contribution in [0.1, 0.15) is 10.4 Å². The Hall–Kier alpha value is -3.98. The number of benzene rings is 2. The maximum Gasteiger partial charge on any atom is 0.336 e. The summed E-state index contributed by atoms with van der Waals surface area (Å²) in [5.74, 6) is -0.223. The van der Waals surface area contributed by atoms with Crippen LogP contribution in [-0.2, 0) is 4.74 Å². The largest absolute Gasteiger partial charge is 0.461 e. The van der Waals surface area contributed by atoms with Gasteiger partial charge in [-0.2, -0.15) is 4.98 Å². The number of ether oxygens (including phenoxy) is 2. The average Bonchev–Trinajstić information content (AvgIpc) is 3.44. The fraction of sp³-hybridized carbons (Fsp3) is 0.136. The second-order valence-electron chi connectivity index (χ2n) is 6.43. The molecule has 0 saturated carbocycles. The minimum atomic E-state index is -0.592. The predicted molar refractivity (Wildman–Crippen MR) is 111 cm³/mol. The molecule has 0 bridgehead atoms. The first-order chi connectivity index (χ1) is 15.2. The monoisotopic (exact) mass is 422 g/mol. The summed E-state index contributed by atoms with van der Waals surface area (Å²) in [5.41, 5.74) is 1.03. The van der Waals surface area contributed by atoms with E-state index in [1.54, 1.807) is 54.3 Å². The average molecular weight is 422 g/mol. The zero-order chi connectivity index (χ0) is 21.6. The van der Waals surface area contributed by atoms with E-state index in [-0.39, 0.29) is 18.2 Å². The van der Waals surface area contributed by atoms with Gasteiger partial charge in [0.15, 0.2) is 5.76 Å². The van der Waals surface area contributed by atoms with Crippen LogP contribution in [0.4, 0.5) is 10.1 Å². The highest BCUT2D eigenvalue weighted by molar-refractivity contribution is 6.04. The number of nitrogens with one attached hydrogen (secondary N) is 1. The minimum absolute atomic E-state index is 0.0428. The molecule has 0 unspecified atom stereocenters. The summed E-state index contributed by atoms with van der Waals surface area (Å²) >= 11 is 0. The van der Waals surface area contributed by atoms with Gasteiger partial charge >= 0.3 is 6.01 Å². The van der Waals surface area contributed by atoms with Crippen LogP contribution < -0.4 is 10.1 Å². The lowest BCUT2D eigenvalue weighted by atomic mass is 10.2. The molecule has 0 aliphatic heterocycles. The highest BCUT2D eigenvalue weighted by Crippen LogP contribution is 2.25. The molecule has 31 heavy (non-hydrogen) atoms. The lowest BCUT2D eigenvalue weighted by Crippen LogP contribution is -2.14. The first-order valence-electron chi connectivity index (χ1n) is 9.44. The van der Waals surface area contributed by atoms with E-state index in [1.165, 1.54) is 24.5 Å². The van der Waals surface area contributed by atoms with Gasteiger partial charge in [-0.15, -0.1) is 5.10 Å². The molecule has 0 aliphatic carbocycles. The Balaban J connectivity index is 1.63. The first kappa shape index (κ1) is 20.3. The molecule has 0 aliphatic rings. The van der Waals surface area contributed by atoms with Crippen molar-refractivity contribution in [3.63, 3.8) is 0 Å². The van der Waals surface area contributed by atoms with Crippen molar-refractivity contribution in [3.8, 4) is 23.3 Å². The molecule has 9 heteroatoms.